The zero-order valence-corrected chi connectivity index (χ0v) is 11.9. The van der Waals surface area contributed by atoms with Gasteiger partial charge in [-0.25, -0.2) is 10.1 Å². The monoisotopic (exact) mass is 299 g/mol. The van der Waals surface area contributed by atoms with Crippen molar-refractivity contribution in [2.75, 3.05) is 19.6 Å². The Bertz CT molecular complexity index is 413. The molecule has 0 aliphatic carbocycles. The summed E-state index contributed by atoms with van der Waals surface area (Å²) < 4.78 is 0. The summed E-state index contributed by atoms with van der Waals surface area (Å²) in [4.78, 5) is 30.7. The van der Waals surface area contributed by atoms with Crippen LogP contribution in [0.25, 0.3) is 0 Å². The lowest BCUT2D eigenvalue weighted by atomic mass is 9.88. The van der Waals surface area contributed by atoms with Crippen molar-refractivity contribution in [2.24, 2.45) is 5.92 Å². The van der Waals surface area contributed by atoms with E-state index in [1.807, 2.05) is 0 Å². The topological polar surface area (TPSA) is 91.3 Å². The van der Waals surface area contributed by atoms with Gasteiger partial charge in [0.05, 0.1) is 12.1 Å². The molecule has 2 N–H and O–H groups in total. The Morgan fingerprint density at radius 2 is 2.05 bits per heavy atom. The highest BCUT2D eigenvalue weighted by Gasteiger charge is 2.48. The van der Waals surface area contributed by atoms with Crippen molar-refractivity contribution >= 4 is 11.8 Å². The second-order valence-corrected chi connectivity index (χ2v) is 6.02. The number of Topliss-reactive ketones (excluding diaryl/α,β-unsaturated/α-hetero) is 1. The number of hydrogen-bond acceptors (Lipinski definition) is 6. The smallest absolute Gasteiger partial charge is 0.317 e. The first kappa shape index (κ1) is 14.7. The molecule has 0 aromatic heterocycles. The first-order valence-corrected chi connectivity index (χ1v) is 7.52. The maximum Gasteiger partial charge on any atom is 0.347 e. The highest BCUT2D eigenvalue weighted by molar-refractivity contribution is 5.90. The van der Waals surface area contributed by atoms with Gasteiger partial charge in [0.15, 0.2) is 5.78 Å². The number of ketones is 1. The van der Waals surface area contributed by atoms with E-state index < -0.39 is 6.03 Å². The van der Waals surface area contributed by atoms with Crippen molar-refractivity contribution in [3.05, 3.63) is 0 Å². The Morgan fingerprint density at radius 1 is 1.29 bits per heavy atom. The maximum absolute atomic E-state index is 12.5. The van der Waals surface area contributed by atoms with E-state index in [0.29, 0.717) is 31.7 Å². The Morgan fingerprint density at radius 3 is 2.76 bits per heavy atom. The van der Waals surface area contributed by atoms with Crippen LogP contribution in [0.1, 0.15) is 32.1 Å². The SMILES string of the molecule is O=C(CC1CCNCC1)[C@@H]1CC[C@@H]2CN1C(=O)N2OOO. The standard InChI is InChI=1S/C13H21N3O5/c17-12(7-9-3-5-14-6-4-9)11-2-1-10-8-15(11)13(18)16(10)20-21-19/h9-11,14,19H,1-8H2/t10-,11+/m1/s1. The molecule has 8 heteroatoms. The molecule has 3 aliphatic rings. The van der Waals surface area contributed by atoms with E-state index >= 15 is 0 Å². The number of rotatable bonds is 5. The van der Waals surface area contributed by atoms with Crippen molar-refractivity contribution in [1.29, 1.82) is 0 Å². The van der Waals surface area contributed by atoms with Gasteiger partial charge in [-0.3, -0.25) is 4.79 Å². The van der Waals surface area contributed by atoms with Gasteiger partial charge >= 0.3 is 6.03 Å². The first-order chi connectivity index (χ1) is 10.2. The Balaban J connectivity index is 1.61. The molecule has 2 amide bonds. The van der Waals surface area contributed by atoms with Crippen LogP contribution in [0.5, 0.6) is 0 Å². The number of hydrogen-bond donors (Lipinski definition) is 2. The predicted molar refractivity (Wildman–Crippen MR) is 70.8 cm³/mol. The van der Waals surface area contributed by atoms with Crippen LogP contribution >= 0.6 is 0 Å². The van der Waals surface area contributed by atoms with Gasteiger partial charge in [-0.15, -0.1) is 0 Å². The van der Waals surface area contributed by atoms with Gasteiger partial charge in [0.1, 0.15) is 0 Å². The molecule has 3 fully saturated rings. The van der Waals surface area contributed by atoms with Crippen LogP contribution in [0.2, 0.25) is 0 Å². The van der Waals surface area contributed by atoms with Gasteiger partial charge in [0.25, 0.3) is 0 Å². The zero-order valence-electron chi connectivity index (χ0n) is 11.9. The van der Waals surface area contributed by atoms with E-state index in [4.69, 9.17) is 5.26 Å². The molecular weight excluding hydrogens is 278 g/mol. The fourth-order valence-electron chi connectivity index (χ4n) is 3.61. The molecule has 118 valence electrons. The molecule has 2 atom stereocenters. The molecule has 8 nitrogen and oxygen atoms in total. The van der Waals surface area contributed by atoms with Gasteiger partial charge in [-0.2, -0.15) is 5.06 Å². The lowest BCUT2D eigenvalue weighted by Gasteiger charge is -2.31. The first-order valence-electron chi connectivity index (χ1n) is 7.52. The lowest BCUT2D eigenvalue weighted by molar-refractivity contribution is -0.556. The average Bonchev–Trinajstić information content (AvgIpc) is 2.74. The van der Waals surface area contributed by atoms with Crippen LogP contribution in [0.4, 0.5) is 4.79 Å². The van der Waals surface area contributed by atoms with Gasteiger partial charge in [0.2, 0.25) is 0 Å². The molecule has 0 aromatic carbocycles. The fourth-order valence-corrected chi connectivity index (χ4v) is 3.61. The largest absolute Gasteiger partial charge is 0.347 e. The van der Waals surface area contributed by atoms with Crippen LogP contribution < -0.4 is 5.32 Å². The van der Waals surface area contributed by atoms with Gasteiger partial charge in [-0.1, -0.05) is 4.99 Å². The second kappa shape index (κ2) is 6.27. The van der Waals surface area contributed by atoms with Crippen LogP contribution in [-0.4, -0.2) is 58.8 Å². The van der Waals surface area contributed by atoms with Crippen molar-refractivity contribution in [1.82, 2.24) is 15.3 Å². The van der Waals surface area contributed by atoms with Crippen molar-refractivity contribution in [3.8, 4) is 0 Å². The Labute approximate surface area is 122 Å². The summed E-state index contributed by atoms with van der Waals surface area (Å²) in [7, 11) is 0. The molecule has 3 rings (SSSR count). The van der Waals surface area contributed by atoms with Crippen molar-refractivity contribution < 1.29 is 24.9 Å². The van der Waals surface area contributed by atoms with Crippen molar-refractivity contribution in [3.63, 3.8) is 0 Å². The van der Waals surface area contributed by atoms with E-state index in [1.165, 1.54) is 4.90 Å². The minimum absolute atomic E-state index is 0.139. The number of carbonyl (C=O) groups excluding carboxylic acids is 2. The molecule has 0 aromatic rings. The molecule has 3 saturated heterocycles. The van der Waals surface area contributed by atoms with E-state index in [1.54, 1.807) is 0 Å². The molecule has 0 saturated carbocycles. The number of hydroxylamine groups is 2. The quantitative estimate of drug-likeness (QED) is 0.569. The van der Waals surface area contributed by atoms with Crippen LogP contribution in [0.3, 0.4) is 0 Å². The summed E-state index contributed by atoms with van der Waals surface area (Å²) in [6.45, 7) is 2.37. The summed E-state index contributed by atoms with van der Waals surface area (Å²) in [6.07, 6.45) is 3.89. The van der Waals surface area contributed by atoms with Gasteiger partial charge in [0, 0.05) is 13.0 Å². The van der Waals surface area contributed by atoms with Crippen LogP contribution in [-0.2, 0) is 14.8 Å². The Kier molecular flexibility index (Phi) is 4.39. The Hall–Kier alpha value is -1.22. The molecule has 2 bridgehead atoms. The summed E-state index contributed by atoms with van der Waals surface area (Å²) in [5.41, 5.74) is 0. The second-order valence-electron chi connectivity index (χ2n) is 6.02. The summed E-state index contributed by atoms with van der Waals surface area (Å²) in [5.74, 6) is 0.558. The number of amides is 2. The van der Waals surface area contributed by atoms with E-state index in [2.05, 4.69) is 15.3 Å². The maximum atomic E-state index is 12.5. The molecule has 21 heavy (non-hydrogen) atoms. The number of nitrogens with one attached hydrogen (secondary N) is 1. The van der Waals surface area contributed by atoms with E-state index in [9.17, 15) is 9.59 Å². The molecule has 3 heterocycles. The van der Waals surface area contributed by atoms with Crippen molar-refractivity contribution in [2.45, 2.75) is 44.2 Å². The molecule has 3 aliphatic heterocycles. The normalized spacial score (nSPS) is 30.0. The third-order valence-corrected chi connectivity index (χ3v) is 4.76. The number of urea groups is 1. The zero-order chi connectivity index (χ0) is 14.8. The third kappa shape index (κ3) is 2.89. The molecule has 0 spiro atoms. The number of carbonyl (C=O) groups is 2. The molecular formula is C13H21N3O5. The fraction of sp³-hybridized carbons (Fsp3) is 0.846. The summed E-state index contributed by atoms with van der Waals surface area (Å²) >= 11 is 0. The van der Waals surface area contributed by atoms with Gasteiger partial charge < -0.3 is 10.2 Å². The highest BCUT2D eigenvalue weighted by atomic mass is 17.5. The number of piperidine rings is 2. The highest BCUT2D eigenvalue weighted by Crippen LogP contribution is 2.32. The summed E-state index contributed by atoms with van der Waals surface area (Å²) in [6, 6.07) is -0.932. The minimum atomic E-state index is -0.407. The molecule has 0 unspecified atom stereocenters. The van der Waals surface area contributed by atoms with Crippen LogP contribution in [0, 0.1) is 5.92 Å². The van der Waals surface area contributed by atoms with E-state index in [-0.39, 0.29) is 17.9 Å². The molecule has 0 radical (unpaired) electrons. The van der Waals surface area contributed by atoms with E-state index in [0.717, 1.165) is 31.0 Å². The number of nitrogens with zero attached hydrogens (tertiary/aromatic N) is 2. The number of fused-ring (bicyclic) bond motifs is 2. The van der Waals surface area contributed by atoms with Crippen LogP contribution in [0.15, 0.2) is 0 Å². The predicted octanol–water partition coefficient (Wildman–Crippen LogP) is 0.550. The van der Waals surface area contributed by atoms with Gasteiger partial charge in [-0.05, 0) is 49.7 Å². The lowest BCUT2D eigenvalue weighted by Crippen LogP contribution is -2.45. The minimum Gasteiger partial charge on any atom is -0.317 e. The summed E-state index contributed by atoms with van der Waals surface area (Å²) in [5, 5.41) is 16.3. The average molecular weight is 299 g/mol. The third-order valence-electron chi connectivity index (χ3n) is 4.76.